The van der Waals surface area contributed by atoms with E-state index in [-0.39, 0.29) is 41.5 Å². The second kappa shape index (κ2) is 10.8. The summed E-state index contributed by atoms with van der Waals surface area (Å²) in [5, 5.41) is 21.8. The molecule has 4 heterocycles. The molecule has 3 aromatic carbocycles. The van der Waals surface area contributed by atoms with Gasteiger partial charge in [0.05, 0.1) is 30.9 Å². The third-order valence-corrected chi connectivity index (χ3v) is 6.68. The molecule has 210 valence electrons. The first-order chi connectivity index (χ1) is 20.1. The Balaban J connectivity index is 1.21. The Hall–Kier alpha value is -4.45. The molecule has 3 atom stereocenters. The van der Waals surface area contributed by atoms with E-state index >= 15 is 0 Å². The highest BCUT2D eigenvalue weighted by atomic mass is 16.6. The maximum atomic E-state index is 10.9. The van der Waals surface area contributed by atoms with Crippen molar-refractivity contribution in [1.29, 1.82) is 0 Å². The molecule has 3 aliphatic heterocycles. The quantitative estimate of drug-likeness (QED) is 0.246. The number of nitrogens with zero attached hydrogens (tertiary/aromatic N) is 3. The number of ether oxygens (including phenoxy) is 6. The fourth-order valence-electron chi connectivity index (χ4n) is 4.09. The molecule has 3 aliphatic rings. The number of phenolic OH excluding ortho intramolecular Hbond substituents is 2. The molecule has 3 unspecified atom stereocenters. The Labute approximate surface area is 235 Å². The van der Waals surface area contributed by atoms with E-state index in [9.17, 15) is 10.2 Å². The van der Waals surface area contributed by atoms with Gasteiger partial charge in [0.15, 0.2) is 17.5 Å². The molecule has 11 heteroatoms. The van der Waals surface area contributed by atoms with Crippen molar-refractivity contribution in [3.8, 4) is 62.9 Å². The van der Waals surface area contributed by atoms with Crippen molar-refractivity contribution in [1.82, 2.24) is 15.0 Å². The summed E-state index contributed by atoms with van der Waals surface area (Å²) in [4.78, 5) is 14.0. The summed E-state index contributed by atoms with van der Waals surface area (Å²) in [6.07, 6.45) is 0.341. The second-order valence-electron chi connectivity index (χ2n) is 9.99. The van der Waals surface area contributed by atoms with Crippen LogP contribution in [0.4, 0.5) is 0 Å². The summed E-state index contributed by atoms with van der Waals surface area (Å²) in [7, 11) is 0. The summed E-state index contributed by atoms with van der Waals surface area (Å²) in [5.74, 6) is 2.44. The molecule has 11 nitrogen and oxygen atoms in total. The summed E-state index contributed by atoms with van der Waals surface area (Å²) in [6, 6.07) is 17.3. The van der Waals surface area contributed by atoms with Gasteiger partial charge in [-0.3, -0.25) is 0 Å². The number of aromatic hydroxyl groups is 2. The number of hydrogen-bond donors (Lipinski definition) is 2. The normalized spacial score (nSPS) is 20.3. The van der Waals surface area contributed by atoms with Crippen molar-refractivity contribution in [2.75, 3.05) is 39.6 Å². The molecular weight excluding hydrogens is 530 g/mol. The van der Waals surface area contributed by atoms with Gasteiger partial charge in [-0.1, -0.05) is 0 Å². The molecule has 2 N–H and O–H groups in total. The number of phenols is 2. The van der Waals surface area contributed by atoms with E-state index in [1.165, 1.54) is 12.1 Å². The molecule has 0 bridgehead atoms. The lowest BCUT2D eigenvalue weighted by Crippen LogP contribution is -2.05. The van der Waals surface area contributed by atoms with Crippen LogP contribution in [-0.4, -0.2) is 83.1 Å². The zero-order valence-corrected chi connectivity index (χ0v) is 21.9. The smallest absolute Gasteiger partial charge is 0.167 e. The van der Waals surface area contributed by atoms with Gasteiger partial charge in [-0.2, -0.15) is 0 Å². The van der Waals surface area contributed by atoms with Crippen LogP contribution >= 0.6 is 0 Å². The first kappa shape index (κ1) is 25.5. The van der Waals surface area contributed by atoms with Gasteiger partial charge in [0.2, 0.25) is 0 Å². The number of hydrogen-bond acceptors (Lipinski definition) is 11. The van der Waals surface area contributed by atoms with E-state index in [2.05, 4.69) is 15.0 Å². The minimum absolute atomic E-state index is 0.0522. The highest BCUT2D eigenvalue weighted by Crippen LogP contribution is 2.36. The van der Waals surface area contributed by atoms with Crippen LogP contribution in [0.3, 0.4) is 0 Å². The van der Waals surface area contributed by atoms with Crippen LogP contribution < -0.4 is 14.2 Å². The zero-order valence-electron chi connectivity index (χ0n) is 21.9. The summed E-state index contributed by atoms with van der Waals surface area (Å²) in [6.45, 7) is 3.41. The van der Waals surface area contributed by atoms with Gasteiger partial charge in [-0.15, -0.1) is 0 Å². The molecule has 4 aromatic rings. The first-order valence-corrected chi connectivity index (χ1v) is 13.3. The largest absolute Gasteiger partial charge is 0.507 e. The number of aromatic nitrogens is 3. The van der Waals surface area contributed by atoms with Gasteiger partial charge in [0.25, 0.3) is 0 Å². The van der Waals surface area contributed by atoms with E-state index in [1.807, 2.05) is 24.3 Å². The minimum Gasteiger partial charge on any atom is -0.507 e. The molecule has 0 aliphatic carbocycles. The Morgan fingerprint density at radius 3 is 1.37 bits per heavy atom. The van der Waals surface area contributed by atoms with Gasteiger partial charge in [-0.05, 0) is 48.5 Å². The third kappa shape index (κ3) is 6.32. The lowest BCUT2D eigenvalue weighted by atomic mass is 10.1. The SMILES string of the molecule is Oc1cc(OCC2CO2)ccc1-c1nc(-c2ccc(OCC3CO3)cc2)nc(-c2ccc(OCC3CO3)cc2O)n1. The lowest BCUT2D eigenvalue weighted by Gasteiger charge is -2.12. The lowest BCUT2D eigenvalue weighted by molar-refractivity contribution is 0.262. The van der Waals surface area contributed by atoms with E-state index in [4.69, 9.17) is 28.4 Å². The molecule has 3 saturated heterocycles. The van der Waals surface area contributed by atoms with Crippen LogP contribution in [-0.2, 0) is 14.2 Å². The minimum atomic E-state index is -0.0522. The molecule has 0 saturated carbocycles. The van der Waals surface area contributed by atoms with Crippen molar-refractivity contribution in [2.45, 2.75) is 18.3 Å². The van der Waals surface area contributed by atoms with Crippen LogP contribution in [0.5, 0.6) is 28.7 Å². The first-order valence-electron chi connectivity index (χ1n) is 13.3. The molecule has 41 heavy (non-hydrogen) atoms. The molecule has 0 radical (unpaired) electrons. The molecule has 0 amide bonds. The summed E-state index contributed by atoms with van der Waals surface area (Å²) >= 11 is 0. The molecule has 7 rings (SSSR count). The molecule has 1 aromatic heterocycles. The van der Waals surface area contributed by atoms with E-state index in [0.29, 0.717) is 72.8 Å². The second-order valence-corrected chi connectivity index (χ2v) is 9.99. The van der Waals surface area contributed by atoms with Crippen molar-refractivity contribution in [3.63, 3.8) is 0 Å². The predicted octanol–water partition coefficient (Wildman–Crippen LogP) is 3.62. The third-order valence-electron chi connectivity index (χ3n) is 6.68. The van der Waals surface area contributed by atoms with E-state index < -0.39 is 0 Å². The zero-order chi connectivity index (χ0) is 27.8. The van der Waals surface area contributed by atoms with Crippen molar-refractivity contribution < 1.29 is 38.6 Å². The van der Waals surface area contributed by atoms with Gasteiger partial charge in [0, 0.05) is 17.7 Å². The van der Waals surface area contributed by atoms with Crippen LogP contribution in [0, 0.1) is 0 Å². The van der Waals surface area contributed by atoms with Crippen LogP contribution in [0.1, 0.15) is 0 Å². The molecule has 3 fully saturated rings. The summed E-state index contributed by atoms with van der Waals surface area (Å²) in [5.41, 5.74) is 1.48. The Bertz CT molecular complexity index is 1470. The Morgan fingerprint density at radius 1 is 0.561 bits per heavy atom. The maximum absolute atomic E-state index is 10.9. The van der Waals surface area contributed by atoms with Crippen molar-refractivity contribution in [2.24, 2.45) is 0 Å². The molecule has 0 spiro atoms. The van der Waals surface area contributed by atoms with Gasteiger partial charge >= 0.3 is 0 Å². The highest BCUT2D eigenvalue weighted by molar-refractivity contribution is 5.72. The average molecular weight is 558 g/mol. The topological polar surface area (TPSA) is 144 Å². The van der Waals surface area contributed by atoms with Gasteiger partial charge in [0.1, 0.15) is 66.9 Å². The van der Waals surface area contributed by atoms with Gasteiger partial charge in [-0.25, -0.2) is 15.0 Å². The van der Waals surface area contributed by atoms with E-state index in [1.54, 1.807) is 24.3 Å². The van der Waals surface area contributed by atoms with Crippen LogP contribution in [0.2, 0.25) is 0 Å². The van der Waals surface area contributed by atoms with Gasteiger partial charge < -0.3 is 38.6 Å². The number of rotatable bonds is 12. The fraction of sp³-hybridized carbons (Fsp3) is 0.300. The van der Waals surface area contributed by atoms with Crippen LogP contribution in [0.25, 0.3) is 34.2 Å². The van der Waals surface area contributed by atoms with Crippen molar-refractivity contribution in [3.05, 3.63) is 60.7 Å². The number of epoxide rings is 3. The number of benzene rings is 3. The highest BCUT2D eigenvalue weighted by Gasteiger charge is 2.25. The molecular formula is C30H27N3O8. The predicted molar refractivity (Wildman–Crippen MR) is 145 cm³/mol. The Morgan fingerprint density at radius 2 is 0.951 bits per heavy atom. The standard InChI is InChI=1S/C30H27N3O8/c34-26-9-19(37-12-22-15-40-22)5-7-24(26)29-31-28(17-1-3-18(4-2-17)36-11-21-14-39-21)32-30(33-29)25-8-6-20(10-27(25)35)38-13-23-16-41-23/h1-10,21-23,34-35H,11-16H2. The van der Waals surface area contributed by atoms with Crippen molar-refractivity contribution >= 4 is 0 Å². The van der Waals surface area contributed by atoms with E-state index in [0.717, 1.165) is 6.61 Å². The average Bonchev–Trinajstić information content (AvgIpc) is 3.84. The fourth-order valence-corrected chi connectivity index (χ4v) is 4.09. The maximum Gasteiger partial charge on any atom is 0.167 e. The Kier molecular flexibility index (Phi) is 6.75. The van der Waals surface area contributed by atoms with Crippen LogP contribution in [0.15, 0.2) is 60.7 Å². The monoisotopic (exact) mass is 557 g/mol. The summed E-state index contributed by atoms with van der Waals surface area (Å²) < 4.78 is 32.7.